The molecule has 1 heterocycles. The lowest BCUT2D eigenvalue weighted by atomic mass is 9.69. The third kappa shape index (κ3) is 1.74. The van der Waals surface area contributed by atoms with Crippen molar-refractivity contribution in [1.29, 1.82) is 0 Å². The maximum absolute atomic E-state index is 10.3. The molecule has 0 saturated carbocycles. The Hall–Kier alpha value is -0.340. The molecule has 0 radical (unpaired) electrons. The topological polar surface area (TPSA) is 32.3 Å². The van der Waals surface area contributed by atoms with Crippen LogP contribution in [0.1, 0.15) is 52.9 Å². The molecule has 2 aliphatic rings. The van der Waals surface area contributed by atoms with Gasteiger partial charge in [-0.25, -0.2) is 0 Å². The van der Waals surface area contributed by atoms with E-state index in [-0.39, 0.29) is 5.54 Å². The number of hydrogen-bond acceptors (Lipinski definition) is 2. The Morgan fingerprint density at radius 3 is 2.53 bits per heavy atom. The van der Waals surface area contributed by atoms with Crippen LogP contribution in [0, 0.1) is 0 Å². The van der Waals surface area contributed by atoms with Crippen molar-refractivity contribution in [3.8, 4) is 0 Å². The van der Waals surface area contributed by atoms with Gasteiger partial charge in [0.1, 0.15) is 0 Å². The van der Waals surface area contributed by atoms with E-state index in [0.717, 1.165) is 6.54 Å². The van der Waals surface area contributed by atoms with Gasteiger partial charge >= 0.3 is 0 Å². The van der Waals surface area contributed by atoms with E-state index in [2.05, 4.69) is 12.2 Å². The van der Waals surface area contributed by atoms with Crippen LogP contribution >= 0.6 is 0 Å². The molecule has 1 unspecified atom stereocenters. The van der Waals surface area contributed by atoms with Crippen LogP contribution in [0.15, 0.2) is 11.1 Å². The molecule has 1 aliphatic carbocycles. The molecule has 86 valence electrons. The summed E-state index contributed by atoms with van der Waals surface area (Å²) in [6.45, 7) is 7.02. The van der Waals surface area contributed by atoms with Gasteiger partial charge in [-0.3, -0.25) is 0 Å². The van der Waals surface area contributed by atoms with Crippen LogP contribution < -0.4 is 5.32 Å². The Kier molecular flexibility index (Phi) is 2.68. The molecule has 0 bridgehead atoms. The zero-order chi connectivity index (χ0) is 11.1. The monoisotopic (exact) mass is 209 g/mol. The summed E-state index contributed by atoms with van der Waals surface area (Å²) in [7, 11) is 0. The van der Waals surface area contributed by atoms with Gasteiger partial charge in [0.2, 0.25) is 0 Å². The molecule has 1 aliphatic heterocycles. The number of aliphatic hydroxyl groups is 1. The van der Waals surface area contributed by atoms with Crippen LogP contribution in [-0.4, -0.2) is 22.8 Å². The average Bonchev–Trinajstić information content (AvgIpc) is 2.17. The van der Waals surface area contributed by atoms with Crippen LogP contribution in [0.5, 0.6) is 0 Å². The van der Waals surface area contributed by atoms with E-state index in [4.69, 9.17) is 0 Å². The number of hydrogen-bond donors (Lipinski definition) is 2. The second kappa shape index (κ2) is 3.60. The molecule has 0 amide bonds. The fourth-order valence-electron chi connectivity index (χ4n) is 3.00. The second-order valence-corrected chi connectivity index (χ2v) is 5.65. The molecule has 2 nitrogen and oxygen atoms in total. The Morgan fingerprint density at radius 2 is 1.87 bits per heavy atom. The standard InChI is InChI=1S/C13H23NO/c1-12(2,15)13(3)11-7-5-4-6-10(11)8-9-14-13/h14-15H,4-9H2,1-3H3. The van der Waals surface area contributed by atoms with Gasteiger partial charge in [-0.1, -0.05) is 5.57 Å². The van der Waals surface area contributed by atoms with Gasteiger partial charge in [-0.15, -0.1) is 0 Å². The Bertz CT molecular complexity index is 283. The Balaban J connectivity index is 2.40. The van der Waals surface area contributed by atoms with Gasteiger partial charge in [0.15, 0.2) is 0 Å². The average molecular weight is 209 g/mol. The minimum Gasteiger partial charge on any atom is -0.388 e. The lowest BCUT2D eigenvalue weighted by Gasteiger charge is -2.48. The number of rotatable bonds is 1. The summed E-state index contributed by atoms with van der Waals surface area (Å²) in [6.07, 6.45) is 6.22. The first kappa shape index (κ1) is 11.2. The first-order valence-electron chi connectivity index (χ1n) is 6.14. The summed E-state index contributed by atoms with van der Waals surface area (Å²) < 4.78 is 0. The quantitative estimate of drug-likeness (QED) is 0.650. The lowest BCUT2D eigenvalue weighted by molar-refractivity contribution is -0.00104. The van der Waals surface area contributed by atoms with Gasteiger partial charge in [0.25, 0.3) is 0 Å². The van der Waals surface area contributed by atoms with E-state index in [1.165, 1.54) is 37.7 Å². The van der Waals surface area contributed by atoms with Crippen molar-refractivity contribution in [1.82, 2.24) is 5.32 Å². The van der Waals surface area contributed by atoms with Gasteiger partial charge in [0, 0.05) is 0 Å². The summed E-state index contributed by atoms with van der Waals surface area (Å²) in [6, 6.07) is 0. The van der Waals surface area contributed by atoms with Crippen LogP contribution in [0.25, 0.3) is 0 Å². The molecule has 0 fully saturated rings. The van der Waals surface area contributed by atoms with Gasteiger partial charge in [-0.05, 0) is 65.0 Å². The molecule has 0 aromatic rings. The largest absolute Gasteiger partial charge is 0.388 e. The van der Waals surface area contributed by atoms with Crippen LogP contribution in [0.3, 0.4) is 0 Å². The molecule has 0 spiro atoms. The Morgan fingerprint density at radius 1 is 1.20 bits per heavy atom. The highest BCUT2D eigenvalue weighted by Crippen LogP contribution is 2.41. The molecular formula is C13H23NO. The smallest absolute Gasteiger partial charge is 0.0808 e. The van der Waals surface area contributed by atoms with E-state index >= 15 is 0 Å². The predicted molar refractivity (Wildman–Crippen MR) is 62.8 cm³/mol. The summed E-state index contributed by atoms with van der Waals surface area (Å²) >= 11 is 0. The molecule has 1 atom stereocenters. The van der Waals surface area contributed by atoms with Crippen LogP contribution in [0.4, 0.5) is 0 Å². The third-order valence-corrected chi connectivity index (χ3v) is 4.31. The zero-order valence-corrected chi connectivity index (χ0v) is 10.2. The molecular weight excluding hydrogens is 186 g/mol. The summed E-state index contributed by atoms with van der Waals surface area (Å²) in [5.74, 6) is 0. The first-order chi connectivity index (χ1) is 6.95. The molecule has 0 aromatic carbocycles. The van der Waals surface area contributed by atoms with Crippen molar-refractivity contribution in [2.24, 2.45) is 0 Å². The third-order valence-electron chi connectivity index (χ3n) is 4.31. The normalized spacial score (nSPS) is 32.8. The predicted octanol–water partition coefficient (Wildman–Crippen LogP) is 2.38. The van der Waals surface area contributed by atoms with Crippen molar-refractivity contribution in [3.63, 3.8) is 0 Å². The summed E-state index contributed by atoms with van der Waals surface area (Å²) in [5.41, 5.74) is 2.23. The first-order valence-corrected chi connectivity index (χ1v) is 6.14. The van der Waals surface area contributed by atoms with Crippen molar-refractivity contribution in [2.75, 3.05) is 6.54 Å². The molecule has 2 N–H and O–H groups in total. The van der Waals surface area contributed by atoms with Crippen molar-refractivity contribution in [3.05, 3.63) is 11.1 Å². The maximum atomic E-state index is 10.3. The van der Waals surface area contributed by atoms with Gasteiger partial charge in [0.05, 0.1) is 11.1 Å². The van der Waals surface area contributed by atoms with Gasteiger partial charge < -0.3 is 10.4 Å². The Labute approximate surface area is 92.8 Å². The number of nitrogens with one attached hydrogen (secondary N) is 1. The zero-order valence-electron chi connectivity index (χ0n) is 10.2. The summed E-state index contributed by atoms with van der Waals surface area (Å²) in [5, 5.41) is 13.9. The van der Waals surface area contributed by atoms with Crippen molar-refractivity contribution < 1.29 is 5.11 Å². The molecule has 0 aromatic heterocycles. The minimum atomic E-state index is -0.675. The van der Waals surface area contributed by atoms with E-state index in [0.29, 0.717) is 0 Å². The second-order valence-electron chi connectivity index (χ2n) is 5.65. The lowest BCUT2D eigenvalue weighted by Crippen LogP contribution is -2.61. The van der Waals surface area contributed by atoms with Crippen molar-refractivity contribution >= 4 is 0 Å². The van der Waals surface area contributed by atoms with Crippen LogP contribution in [-0.2, 0) is 0 Å². The highest BCUT2D eigenvalue weighted by atomic mass is 16.3. The maximum Gasteiger partial charge on any atom is 0.0808 e. The van der Waals surface area contributed by atoms with Crippen LogP contribution in [0.2, 0.25) is 0 Å². The fourth-order valence-corrected chi connectivity index (χ4v) is 3.00. The highest BCUT2D eigenvalue weighted by Gasteiger charge is 2.45. The molecule has 2 heteroatoms. The van der Waals surface area contributed by atoms with E-state index in [9.17, 15) is 5.11 Å². The SMILES string of the molecule is CC(C)(O)C1(C)NCCC2=C1CCCC2. The molecule has 2 rings (SSSR count). The molecule has 0 saturated heterocycles. The van der Waals surface area contributed by atoms with E-state index in [1.807, 2.05) is 13.8 Å². The highest BCUT2D eigenvalue weighted by molar-refractivity contribution is 5.34. The molecule has 15 heavy (non-hydrogen) atoms. The fraction of sp³-hybridized carbons (Fsp3) is 0.846. The van der Waals surface area contributed by atoms with E-state index < -0.39 is 5.60 Å². The van der Waals surface area contributed by atoms with E-state index in [1.54, 1.807) is 5.57 Å². The van der Waals surface area contributed by atoms with Crippen molar-refractivity contribution in [2.45, 2.75) is 64.0 Å². The van der Waals surface area contributed by atoms with Gasteiger partial charge in [-0.2, -0.15) is 0 Å². The summed E-state index contributed by atoms with van der Waals surface area (Å²) in [4.78, 5) is 0. The minimum absolute atomic E-state index is 0.207.